The highest BCUT2D eigenvalue weighted by atomic mass is 16.3. The molecule has 1 aliphatic carbocycles. The zero-order chi connectivity index (χ0) is 11.5. The van der Waals surface area contributed by atoms with Crippen molar-refractivity contribution in [2.24, 2.45) is 0 Å². The van der Waals surface area contributed by atoms with Crippen LogP contribution in [0.25, 0.3) is 0 Å². The van der Waals surface area contributed by atoms with Gasteiger partial charge >= 0.3 is 0 Å². The number of rotatable bonds is 4. The maximum absolute atomic E-state index is 10.2. The average molecular weight is 214 g/mol. The van der Waals surface area contributed by atoms with Crippen LogP contribution in [0, 0.1) is 0 Å². The molecule has 0 aromatic carbocycles. The SMILES string of the molecule is CNCC1(O)CCC(N(C)C(C)C)CC1. The molecule has 0 radical (unpaired) electrons. The smallest absolute Gasteiger partial charge is 0.0772 e. The number of aliphatic hydroxyl groups is 1. The fourth-order valence-corrected chi connectivity index (χ4v) is 2.47. The third kappa shape index (κ3) is 3.44. The van der Waals surface area contributed by atoms with Gasteiger partial charge in [0.15, 0.2) is 0 Å². The molecule has 0 amide bonds. The standard InChI is InChI=1S/C12H26N2O/c1-10(2)14(4)11-5-7-12(15,8-6-11)9-13-3/h10-11,13,15H,5-9H2,1-4H3. The molecule has 1 aliphatic rings. The lowest BCUT2D eigenvalue weighted by molar-refractivity contribution is -0.0182. The summed E-state index contributed by atoms with van der Waals surface area (Å²) in [7, 11) is 4.10. The first-order valence-electron chi connectivity index (χ1n) is 6.07. The molecule has 0 saturated heterocycles. The molecule has 0 spiro atoms. The van der Waals surface area contributed by atoms with Crippen LogP contribution in [0.2, 0.25) is 0 Å². The van der Waals surface area contributed by atoms with Gasteiger partial charge in [-0.05, 0) is 53.6 Å². The maximum Gasteiger partial charge on any atom is 0.0772 e. The Balaban J connectivity index is 2.41. The van der Waals surface area contributed by atoms with Crippen LogP contribution in [0.5, 0.6) is 0 Å². The Morgan fingerprint density at radius 3 is 2.33 bits per heavy atom. The molecule has 15 heavy (non-hydrogen) atoms. The monoisotopic (exact) mass is 214 g/mol. The summed E-state index contributed by atoms with van der Waals surface area (Å²) >= 11 is 0. The van der Waals surface area contributed by atoms with E-state index >= 15 is 0 Å². The molecule has 0 atom stereocenters. The highest BCUT2D eigenvalue weighted by molar-refractivity contribution is 4.90. The van der Waals surface area contributed by atoms with Crippen LogP contribution in [0.3, 0.4) is 0 Å². The lowest BCUT2D eigenvalue weighted by atomic mass is 9.81. The van der Waals surface area contributed by atoms with Gasteiger partial charge in [0.25, 0.3) is 0 Å². The maximum atomic E-state index is 10.2. The van der Waals surface area contributed by atoms with Gasteiger partial charge in [0.05, 0.1) is 5.60 Å². The van der Waals surface area contributed by atoms with Gasteiger partial charge in [-0.1, -0.05) is 0 Å². The summed E-state index contributed by atoms with van der Waals surface area (Å²) in [6.45, 7) is 5.19. The third-order valence-corrected chi connectivity index (χ3v) is 3.78. The van der Waals surface area contributed by atoms with Gasteiger partial charge in [0.1, 0.15) is 0 Å². The molecule has 1 fully saturated rings. The van der Waals surface area contributed by atoms with Crippen molar-refractivity contribution in [3.8, 4) is 0 Å². The van der Waals surface area contributed by atoms with E-state index in [1.165, 1.54) is 0 Å². The highest BCUT2D eigenvalue weighted by Crippen LogP contribution is 2.30. The first-order chi connectivity index (χ1) is 6.98. The van der Waals surface area contributed by atoms with Crippen molar-refractivity contribution in [2.45, 2.75) is 57.2 Å². The van der Waals surface area contributed by atoms with Crippen molar-refractivity contribution >= 4 is 0 Å². The van der Waals surface area contributed by atoms with E-state index in [4.69, 9.17) is 0 Å². The molecule has 0 aromatic heterocycles. The molecule has 2 N–H and O–H groups in total. The highest BCUT2D eigenvalue weighted by Gasteiger charge is 2.34. The van der Waals surface area contributed by atoms with Gasteiger partial charge in [-0.25, -0.2) is 0 Å². The Bertz CT molecular complexity index is 186. The van der Waals surface area contributed by atoms with Crippen LogP contribution in [-0.4, -0.2) is 48.3 Å². The molecule has 0 aromatic rings. The van der Waals surface area contributed by atoms with Crippen LogP contribution >= 0.6 is 0 Å². The molecular formula is C12H26N2O. The predicted molar refractivity (Wildman–Crippen MR) is 64.0 cm³/mol. The first kappa shape index (κ1) is 12.9. The van der Waals surface area contributed by atoms with Crippen molar-refractivity contribution in [1.29, 1.82) is 0 Å². The summed E-state index contributed by atoms with van der Waals surface area (Å²) in [4.78, 5) is 2.43. The topological polar surface area (TPSA) is 35.5 Å². The Labute approximate surface area is 93.9 Å². The molecule has 3 heteroatoms. The van der Waals surface area contributed by atoms with Gasteiger partial charge in [0, 0.05) is 18.6 Å². The van der Waals surface area contributed by atoms with E-state index < -0.39 is 5.60 Å². The van der Waals surface area contributed by atoms with Gasteiger partial charge in [-0.15, -0.1) is 0 Å². The van der Waals surface area contributed by atoms with E-state index in [0.29, 0.717) is 12.1 Å². The van der Waals surface area contributed by atoms with Crippen LogP contribution in [0.1, 0.15) is 39.5 Å². The largest absolute Gasteiger partial charge is 0.389 e. The molecule has 90 valence electrons. The predicted octanol–water partition coefficient (Wildman–Crippen LogP) is 1.22. The summed E-state index contributed by atoms with van der Waals surface area (Å²) in [5.74, 6) is 0. The summed E-state index contributed by atoms with van der Waals surface area (Å²) in [6, 6.07) is 1.26. The summed E-state index contributed by atoms with van der Waals surface area (Å²) in [5.41, 5.74) is -0.455. The number of hydrogen-bond acceptors (Lipinski definition) is 3. The summed E-state index contributed by atoms with van der Waals surface area (Å²) in [6.07, 6.45) is 4.09. The van der Waals surface area contributed by atoms with E-state index in [2.05, 4.69) is 31.1 Å². The van der Waals surface area contributed by atoms with Gasteiger partial charge < -0.3 is 15.3 Å². The Morgan fingerprint density at radius 2 is 1.93 bits per heavy atom. The van der Waals surface area contributed by atoms with E-state index in [1.807, 2.05) is 7.05 Å². The average Bonchev–Trinajstić information content (AvgIpc) is 2.18. The Hall–Kier alpha value is -0.120. The molecular weight excluding hydrogens is 188 g/mol. The number of hydrogen-bond donors (Lipinski definition) is 2. The second-order valence-corrected chi connectivity index (χ2v) is 5.25. The molecule has 0 unspecified atom stereocenters. The molecule has 0 aliphatic heterocycles. The molecule has 0 bridgehead atoms. The zero-order valence-electron chi connectivity index (χ0n) is 10.6. The minimum absolute atomic E-state index is 0.455. The van der Waals surface area contributed by atoms with Gasteiger partial charge in [-0.2, -0.15) is 0 Å². The lowest BCUT2D eigenvalue weighted by Gasteiger charge is -2.40. The minimum atomic E-state index is -0.455. The molecule has 3 nitrogen and oxygen atoms in total. The van der Waals surface area contributed by atoms with Crippen LogP contribution in [0.4, 0.5) is 0 Å². The molecule has 1 saturated carbocycles. The molecule has 0 heterocycles. The first-order valence-corrected chi connectivity index (χ1v) is 6.07. The van der Waals surface area contributed by atoms with Crippen LogP contribution in [0.15, 0.2) is 0 Å². The van der Waals surface area contributed by atoms with Crippen molar-refractivity contribution in [3.63, 3.8) is 0 Å². The van der Waals surface area contributed by atoms with Crippen LogP contribution in [-0.2, 0) is 0 Å². The van der Waals surface area contributed by atoms with E-state index in [1.54, 1.807) is 0 Å². The number of nitrogens with one attached hydrogen (secondary N) is 1. The summed E-state index contributed by atoms with van der Waals surface area (Å²) < 4.78 is 0. The lowest BCUT2D eigenvalue weighted by Crippen LogP contribution is -2.48. The fourth-order valence-electron chi connectivity index (χ4n) is 2.47. The Morgan fingerprint density at radius 1 is 1.40 bits per heavy atom. The Kier molecular flexibility index (Phi) is 4.56. The van der Waals surface area contributed by atoms with Crippen molar-refractivity contribution in [2.75, 3.05) is 20.6 Å². The fraction of sp³-hybridized carbons (Fsp3) is 1.00. The number of nitrogens with zero attached hydrogens (tertiary/aromatic N) is 1. The number of likely N-dealkylation sites (N-methyl/N-ethyl adjacent to an activating group) is 1. The van der Waals surface area contributed by atoms with Crippen molar-refractivity contribution in [3.05, 3.63) is 0 Å². The molecule has 1 rings (SSSR count). The second-order valence-electron chi connectivity index (χ2n) is 5.25. The second kappa shape index (κ2) is 5.28. The van der Waals surface area contributed by atoms with Gasteiger partial charge in [0.2, 0.25) is 0 Å². The summed E-state index contributed by atoms with van der Waals surface area (Å²) in [5, 5.41) is 13.3. The van der Waals surface area contributed by atoms with Crippen molar-refractivity contribution in [1.82, 2.24) is 10.2 Å². The quantitative estimate of drug-likeness (QED) is 0.738. The van der Waals surface area contributed by atoms with Gasteiger partial charge in [-0.3, -0.25) is 0 Å². The van der Waals surface area contributed by atoms with Crippen LogP contribution < -0.4 is 5.32 Å². The normalized spacial score (nSPS) is 32.6. The van der Waals surface area contributed by atoms with E-state index in [9.17, 15) is 5.11 Å². The minimum Gasteiger partial charge on any atom is -0.389 e. The zero-order valence-corrected chi connectivity index (χ0v) is 10.6. The third-order valence-electron chi connectivity index (χ3n) is 3.78. The van der Waals surface area contributed by atoms with E-state index in [0.717, 1.165) is 32.2 Å². The van der Waals surface area contributed by atoms with Crippen molar-refractivity contribution < 1.29 is 5.11 Å². The van der Waals surface area contributed by atoms with E-state index in [-0.39, 0.29) is 0 Å².